The number of hydrogen-bond acceptors (Lipinski definition) is 4. The van der Waals surface area contributed by atoms with Gasteiger partial charge in [0, 0.05) is 5.56 Å². The molecule has 0 aromatic heterocycles. The first-order valence-electron chi connectivity index (χ1n) is 4.23. The van der Waals surface area contributed by atoms with E-state index in [0.717, 1.165) is 0 Å². The van der Waals surface area contributed by atoms with Crippen LogP contribution >= 0.6 is 0 Å². The van der Waals surface area contributed by atoms with E-state index in [1.807, 2.05) is 0 Å². The molecular weight excluding hydrogens is 194 g/mol. The Hall–Kier alpha value is -2.15. The fraction of sp³-hybridized carbons (Fsp3) is 0.182. The lowest BCUT2D eigenvalue weighted by Crippen LogP contribution is -1.97. The molecule has 0 saturated heterocycles. The minimum atomic E-state index is 0.163. The fourth-order valence-electron chi connectivity index (χ4n) is 1.07. The van der Waals surface area contributed by atoms with Crippen LogP contribution in [0.4, 0.5) is 0 Å². The van der Waals surface area contributed by atoms with Crippen molar-refractivity contribution >= 4 is 6.21 Å². The van der Waals surface area contributed by atoms with Crippen LogP contribution in [0, 0.1) is 12.3 Å². The first-order valence-corrected chi connectivity index (χ1v) is 4.23. The average Bonchev–Trinajstić information content (AvgIpc) is 2.27. The van der Waals surface area contributed by atoms with E-state index in [4.69, 9.17) is 21.1 Å². The Morgan fingerprint density at radius 1 is 1.53 bits per heavy atom. The van der Waals surface area contributed by atoms with E-state index >= 15 is 0 Å². The van der Waals surface area contributed by atoms with Gasteiger partial charge in [-0.25, -0.2) is 0 Å². The van der Waals surface area contributed by atoms with E-state index in [9.17, 15) is 0 Å². The number of rotatable bonds is 4. The Morgan fingerprint density at radius 3 is 2.93 bits per heavy atom. The van der Waals surface area contributed by atoms with Gasteiger partial charge in [0.1, 0.15) is 6.61 Å². The Balaban J connectivity index is 2.97. The molecule has 1 aromatic rings. The molecule has 0 fully saturated rings. The van der Waals surface area contributed by atoms with Crippen LogP contribution in [-0.2, 0) is 0 Å². The molecule has 78 valence electrons. The second-order valence-corrected chi connectivity index (χ2v) is 2.65. The molecule has 1 rings (SSSR count). The molecule has 0 heterocycles. The van der Waals surface area contributed by atoms with Gasteiger partial charge in [0.2, 0.25) is 0 Å². The summed E-state index contributed by atoms with van der Waals surface area (Å²) in [5, 5.41) is 11.3. The van der Waals surface area contributed by atoms with Gasteiger partial charge in [-0.05, 0) is 18.2 Å². The maximum atomic E-state index is 8.38. The first kappa shape index (κ1) is 10.9. The number of hydrogen-bond donors (Lipinski definition) is 1. The van der Waals surface area contributed by atoms with E-state index < -0.39 is 0 Å². The van der Waals surface area contributed by atoms with Gasteiger partial charge in [-0.1, -0.05) is 11.1 Å². The maximum absolute atomic E-state index is 8.38. The number of nitrogens with zero attached hydrogens (tertiary/aromatic N) is 1. The monoisotopic (exact) mass is 205 g/mol. The van der Waals surface area contributed by atoms with Crippen molar-refractivity contribution in [3.8, 4) is 23.8 Å². The summed E-state index contributed by atoms with van der Waals surface area (Å²) in [5.74, 6) is 3.46. The topological polar surface area (TPSA) is 51.0 Å². The van der Waals surface area contributed by atoms with E-state index in [1.54, 1.807) is 18.2 Å². The molecule has 0 atom stereocenters. The van der Waals surface area contributed by atoms with Crippen LogP contribution in [0.5, 0.6) is 11.5 Å². The van der Waals surface area contributed by atoms with E-state index in [0.29, 0.717) is 17.1 Å². The number of oxime groups is 1. The summed E-state index contributed by atoms with van der Waals surface area (Å²) in [6, 6.07) is 5.13. The van der Waals surface area contributed by atoms with Gasteiger partial charge in [0.15, 0.2) is 11.5 Å². The summed E-state index contributed by atoms with van der Waals surface area (Å²) >= 11 is 0. The summed E-state index contributed by atoms with van der Waals surface area (Å²) in [7, 11) is 1.54. The van der Waals surface area contributed by atoms with Crippen LogP contribution in [0.25, 0.3) is 0 Å². The number of benzene rings is 1. The third kappa shape index (κ3) is 2.92. The summed E-state index contributed by atoms with van der Waals surface area (Å²) in [5.41, 5.74) is 0.699. The molecule has 0 aliphatic carbocycles. The molecule has 0 aliphatic heterocycles. The molecule has 0 aliphatic rings. The first-order chi connectivity index (χ1) is 7.31. The van der Waals surface area contributed by atoms with Crippen molar-refractivity contribution in [1.82, 2.24) is 0 Å². The summed E-state index contributed by atoms with van der Waals surface area (Å²) in [6.45, 7) is 0.163. The van der Waals surface area contributed by atoms with Crippen molar-refractivity contribution in [2.45, 2.75) is 0 Å². The van der Waals surface area contributed by atoms with Crippen LogP contribution in [0.2, 0.25) is 0 Å². The third-order valence-electron chi connectivity index (χ3n) is 1.71. The zero-order valence-electron chi connectivity index (χ0n) is 8.30. The second-order valence-electron chi connectivity index (χ2n) is 2.65. The molecule has 1 aromatic carbocycles. The highest BCUT2D eigenvalue weighted by atomic mass is 16.5. The lowest BCUT2D eigenvalue weighted by molar-refractivity contribution is 0.321. The van der Waals surface area contributed by atoms with Gasteiger partial charge in [0.05, 0.1) is 13.3 Å². The smallest absolute Gasteiger partial charge is 0.163 e. The summed E-state index contributed by atoms with van der Waals surface area (Å²) in [4.78, 5) is 0. The largest absolute Gasteiger partial charge is 0.493 e. The second kappa shape index (κ2) is 5.55. The van der Waals surface area contributed by atoms with Crippen molar-refractivity contribution in [1.29, 1.82) is 0 Å². The standard InChI is InChI=1S/C11H11NO3/c1-3-6-15-11-7-9(8-12-13)4-5-10(11)14-2/h1,4-5,7-8,13H,6H2,2H3. The lowest BCUT2D eigenvalue weighted by Gasteiger charge is -2.08. The Labute approximate surface area is 88.1 Å². The quantitative estimate of drug-likeness (QED) is 0.351. The van der Waals surface area contributed by atoms with E-state index in [2.05, 4.69) is 11.1 Å². The van der Waals surface area contributed by atoms with Crippen LogP contribution in [0.1, 0.15) is 5.56 Å². The Morgan fingerprint density at radius 2 is 2.33 bits per heavy atom. The average molecular weight is 205 g/mol. The van der Waals surface area contributed by atoms with Crippen molar-refractivity contribution in [3.05, 3.63) is 23.8 Å². The number of terminal acetylenes is 1. The van der Waals surface area contributed by atoms with Gasteiger partial charge in [0.25, 0.3) is 0 Å². The normalized spacial score (nSPS) is 9.87. The molecule has 0 spiro atoms. The van der Waals surface area contributed by atoms with Crippen molar-refractivity contribution in [3.63, 3.8) is 0 Å². The highest BCUT2D eigenvalue weighted by Gasteiger charge is 2.04. The highest BCUT2D eigenvalue weighted by Crippen LogP contribution is 2.27. The molecule has 4 heteroatoms. The van der Waals surface area contributed by atoms with Gasteiger partial charge < -0.3 is 14.7 Å². The lowest BCUT2D eigenvalue weighted by atomic mass is 10.2. The predicted octanol–water partition coefficient (Wildman–Crippen LogP) is 1.52. The fourth-order valence-corrected chi connectivity index (χ4v) is 1.07. The summed E-state index contributed by atoms with van der Waals surface area (Å²) in [6.07, 6.45) is 6.38. The molecule has 4 nitrogen and oxygen atoms in total. The minimum Gasteiger partial charge on any atom is -0.493 e. The molecular formula is C11H11NO3. The molecule has 0 saturated carbocycles. The molecule has 0 bridgehead atoms. The molecule has 15 heavy (non-hydrogen) atoms. The maximum Gasteiger partial charge on any atom is 0.163 e. The van der Waals surface area contributed by atoms with Crippen LogP contribution in [-0.4, -0.2) is 25.1 Å². The number of ether oxygens (including phenoxy) is 2. The van der Waals surface area contributed by atoms with Gasteiger partial charge in [-0.15, -0.1) is 6.42 Å². The van der Waals surface area contributed by atoms with Crippen LogP contribution < -0.4 is 9.47 Å². The molecule has 0 amide bonds. The Bertz CT molecular complexity index is 393. The Kier molecular flexibility index (Phi) is 4.05. The predicted molar refractivity (Wildman–Crippen MR) is 56.7 cm³/mol. The third-order valence-corrected chi connectivity index (χ3v) is 1.71. The molecule has 1 N–H and O–H groups in total. The number of methoxy groups -OCH3 is 1. The van der Waals surface area contributed by atoms with Gasteiger partial charge in [-0.2, -0.15) is 0 Å². The van der Waals surface area contributed by atoms with Gasteiger partial charge in [-0.3, -0.25) is 0 Å². The minimum absolute atomic E-state index is 0.163. The van der Waals surface area contributed by atoms with E-state index in [1.165, 1.54) is 13.3 Å². The summed E-state index contributed by atoms with van der Waals surface area (Å²) < 4.78 is 10.3. The van der Waals surface area contributed by atoms with Crippen molar-refractivity contribution < 1.29 is 14.7 Å². The SMILES string of the molecule is C#CCOc1cc(C=NO)ccc1OC. The highest BCUT2D eigenvalue weighted by molar-refractivity contribution is 5.80. The molecule has 0 unspecified atom stereocenters. The van der Waals surface area contributed by atoms with Crippen molar-refractivity contribution in [2.75, 3.05) is 13.7 Å². The zero-order valence-corrected chi connectivity index (χ0v) is 8.30. The molecule has 0 radical (unpaired) electrons. The van der Waals surface area contributed by atoms with Crippen LogP contribution in [0.15, 0.2) is 23.4 Å². The van der Waals surface area contributed by atoms with Crippen molar-refractivity contribution in [2.24, 2.45) is 5.16 Å². The van der Waals surface area contributed by atoms with E-state index in [-0.39, 0.29) is 6.61 Å². The zero-order chi connectivity index (χ0) is 11.1. The van der Waals surface area contributed by atoms with Crippen LogP contribution in [0.3, 0.4) is 0 Å². The van der Waals surface area contributed by atoms with Gasteiger partial charge >= 0.3 is 0 Å².